The van der Waals surface area contributed by atoms with E-state index in [1.54, 1.807) is 12.1 Å². The van der Waals surface area contributed by atoms with Gasteiger partial charge in [0.05, 0.1) is 4.92 Å². The number of nitrogen functional groups attached to an aromatic ring is 1. The fourth-order valence-corrected chi connectivity index (χ4v) is 1.45. The van der Waals surface area contributed by atoms with Gasteiger partial charge in [-0.15, -0.1) is 0 Å². The SMILES string of the molecule is Nc1ccc([N+](=O)[O-])c(OCc2ccccc2F)n1. The lowest BCUT2D eigenvalue weighted by atomic mass is 10.2. The Kier molecular flexibility index (Phi) is 3.56. The summed E-state index contributed by atoms with van der Waals surface area (Å²) in [5.41, 5.74) is 5.40. The number of ether oxygens (including phenoxy) is 1. The Labute approximate surface area is 107 Å². The van der Waals surface area contributed by atoms with Crippen LogP contribution in [-0.2, 0) is 6.61 Å². The number of anilines is 1. The number of nitrogens with two attached hydrogens (primary N) is 1. The Morgan fingerprint density at radius 3 is 2.74 bits per heavy atom. The summed E-state index contributed by atoms with van der Waals surface area (Å²) in [6.07, 6.45) is 0. The zero-order chi connectivity index (χ0) is 13.8. The molecule has 19 heavy (non-hydrogen) atoms. The third kappa shape index (κ3) is 2.95. The van der Waals surface area contributed by atoms with Crippen LogP contribution in [0.5, 0.6) is 5.88 Å². The van der Waals surface area contributed by atoms with Crippen molar-refractivity contribution in [1.82, 2.24) is 4.98 Å². The Bertz CT molecular complexity index is 619. The molecule has 0 aliphatic heterocycles. The van der Waals surface area contributed by atoms with Crippen molar-refractivity contribution in [1.29, 1.82) is 0 Å². The second-order valence-corrected chi connectivity index (χ2v) is 3.70. The maximum atomic E-state index is 13.4. The van der Waals surface area contributed by atoms with Crippen LogP contribution in [0, 0.1) is 15.9 Å². The van der Waals surface area contributed by atoms with E-state index in [1.807, 2.05) is 0 Å². The Morgan fingerprint density at radius 1 is 1.32 bits per heavy atom. The Balaban J connectivity index is 2.22. The topological polar surface area (TPSA) is 91.3 Å². The fourth-order valence-electron chi connectivity index (χ4n) is 1.45. The molecule has 1 aromatic heterocycles. The molecule has 98 valence electrons. The molecule has 0 radical (unpaired) electrons. The minimum atomic E-state index is -0.636. The van der Waals surface area contributed by atoms with Crippen LogP contribution in [0.1, 0.15) is 5.56 Å². The van der Waals surface area contributed by atoms with Gasteiger partial charge in [0.2, 0.25) is 0 Å². The second kappa shape index (κ2) is 5.30. The van der Waals surface area contributed by atoms with E-state index in [2.05, 4.69) is 4.98 Å². The number of pyridine rings is 1. The largest absolute Gasteiger partial charge is 0.468 e. The third-order valence-electron chi connectivity index (χ3n) is 2.38. The smallest absolute Gasteiger partial charge is 0.331 e. The van der Waals surface area contributed by atoms with Crippen molar-refractivity contribution in [3.05, 3.63) is 57.9 Å². The molecule has 7 heteroatoms. The van der Waals surface area contributed by atoms with E-state index in [0.717, 1.165) is 0 Å². The molecule has 0 spiro atoms. The number of nitro groups is 1. The van der Waals surface area contributed by atoms with E-state index >= 15 is 0 Å². The summed E-state index contributed by atoms with van der Waals surface area (Å²) in [6, 6.07) is 8.48. The first-order chi connectivity index (χ1) is 9.08. The minimum Gasteiger partial charge on any atom is -0.468 e. The number of aromatic nitrogens is 1. The molecule has 0 aliphatic carbocycles. The highest BCUT2D eigenvalue weighted by molar-refractivity contribution is 5.47. The molecule has 0 saturated heterocycles. The first-order valence-electron chi connectivity index (χ1n) is 5.35. The van der Waals surface area contributed by atoms with Gasteiger partial charge in [0.1, 0.15) is 18.2 Å². The molecule has 2 rings (SSSR count). The molecule has 2 N–H and O–H groups in total. The molecule has 0 bridgehead atoms. The van der Waals surface area contributed by atoms with E-state index in [-0.39, 0.29) is 29.6 Å². The highest BCUT2D eigenvalue weighted by Gasteiger charge is 2.17. The van der Waals surface area contributed by atoms with Crippen molar-refractivity contribution in [2.45, 2.75) is 6.61 Å². The molecule has 0 saturated carbocycles. The third-order valence-corrected chi connectivity index (χ3v) is 2.38. The molecule has 0 amide bonds. The van der Waals surface area contributed by atoms with Crippen LogP contribution in [0.15, 0.2) is 36.4 Å². The van der Waals surface area contributed by atoms with Crippen molar-refractivity contribution in [2.75, 3.05) is 5.73 Å². The predicted octanol–water partition coefficient (Wildman–Crippen LogP) is 2.29. The lowest BCUT2D eigenvalue weighted by Crippen LogP contribution is -2.04. The molecule has 0 fully saturated rings. The lowest BCUT2D eigenvalue weighted by Gasteiger charge is -2.07. The van der Waals surface area contributed by atoms with Crippen molar-refractivity contribution < 1.29 is 14.1 Å². The lowest BCUT2D eigenvalue weighted by molar-refractivity contribution is -0.386. The van der Waals surface area contributed by atoms with E-state index in [1.165, 1.54) is 24.3 Å². The first-order valence-corrected chi connectivity index (χ1v) is 5.35. The number of hydrogen-bond acceptors (Lipinski definition) is 5. The Morgan fingerprint density at radius 2 is 2.05 bits per heavy atom. The van der Waals surface area contributed by atoms with Crippen LogP contribution >= 0.6 is 0 Å². The highest BCUT2D eigenvalue weighted by Crippen LogP contribution is 2.26. The van der Waals surface area contributed by atoms with Gasteiger partial charge in [-0.2, -0.15) is 4.98 Å². The van der Waals surface area contributed by atoms with Gasteiger partial charge < -0.3 is 10.5 Å². The molecule has 6 nitrogen and oxygen atoms in total. The summed E-state index contributed by atoms with van der Waals surface area (Å²) in [5.74, 6) is -0.587. The van der Waals surface area contributed by atoms with E-state index in [4.69, 9.17) is 10.5 Å². The summed E-state index contributed by atoms with van der Waals surface area (Å²) >= 11 is 0. The molecule has 1 heterocycles. The zero-order valence-electron chi connectivity index (χ0n) is 9.75. The second-order valence-electron chi connectivity index (χ2n) is 3.70. The van der Waals surface area contributed by atoms with E-state index in [0.29, 0.717) is 0 Å². The molecular formula is C12H10FN3O3. The number of nitrogens with zero attached hydrogens (tertiary/aromatic N) is 2. The summed E-state index contributed by atoms with van der Waals surface area (Å²) in [4.78, 5) is 13.9. The summed E-state index contributed by atoms with van der Waals surface area (Å²) in [6.45, 7) is -0.163. The fraction of sp³-hybridized carbons (Fsp3) is 0.0833. The molecule has 1 aromatic carbocycles. The highest BCUT2D eigenvalue weighted by atomic mass is 19.1. The van der Waals surface area contributed by atoms with Crippen LogP contribution in [0.25, 0.3) is 0 Å². The molecule has 2 aromatic rings. The summed E-state index contributed by atoms with van der Waals surface area (Å²) in [7, 11) is 0. The number of hydrogen-bond donors (Lipinski definition) is 1. The van der Waals surface area contributed by atoms with Crippen molar-refractivity contribution in [3.63, 3.8) is 0 Å². The molecule has 0 unspecified atom stereocenters. The van der Waals surface area contributed by atoms with Crippen molar-refractivity contribution >= 4 is 11.5 Å². The van der Waals surface area contributed by atoms with E-state index < -0.39 is 10.7 Å². The van der Waals surface area contributed by atoms with Crippen LogP contribution in [0.3, 0.4) is 0 Å². The average molecular weight is 263 g/mol. The van der Waals surface area contributed by atoms with Gasteiger partial charge in [0.25, 0.3) is 5.88 Å². The van der Waals surface area contributed by atoms with Gasteiger partial charge in [-0.05, 0) is 12.1 Å². The number of benzene rings is 1. The van der Waals surface area contributed by atoms with Gasteiger partial charge >= 0.3 is 5.69 Å². The maximum Gasteiger partial charge on any atom is 0.331 e. The molecule has 0 atom stereocenters. The van der Waals surface area contributed by atoms with Gasteiger partial charge in [-0.3, -0.25) is 10.1 Å². The summed E-state index contributed by atoms with van der Waals surface area (Å²) < 4.78 is 18.5. The average Bonchev–Trinajstić information content (AvgIpc) is 2.37. The normalized spacial score (nSPS) is 10.2. The Hall–Kier alpha value is -2.70. The van der Waals surface area contributed by atoms with Gasteiger partial charge in [0.15, 0.2) is 0 Å². The van der Waals surface area contributed by atoms with Crippen LogP contribution in [0.4, 0.5) is 15.9 Å². The van der Waals surface area contributed by atoms with E-state index in [9.17, 15) is 14.5 Å². The van der Waals surface area contributed by atoms with Crippen molar-refractivity contribution in [3.8, 4) is 5.88 Å². The van der Waals surface area contributed by atoms with Crippen molar-refractivity contribution in [2.24, 2.45) is 0 Å². The van der Waals surface area contributed by atoms with Gasteiger partial charge in [-0.1, -0.05) is 18.2 Å². The quantitative estimate of drug-likeness (QED) is 0.675. The molecule has 0 aliphatic rings. The predicted molar refractivity (Wildman–Crippen MR) is 66.0 cm³/mol. The number of halogens is 1. The summed E-state index contributed by atoms with van der Waals surface area (Å²) in [5, 5.41) is 10.8. The van der Waals surface area contributed by atoms with Gasteiger partial charge in [0, 0.05) is 11.6 Å². The van der Waals surface area contributed by atoms with Crippen LogP contribution in [-0.4, -0.2) is 9.91 Å². The number of rotatable bonds is 4. The van der Waals surface area contributed by atoms with Crippen LogP contribution in [0.2, 0.25) is 0 Å². The molecular weight excluding hydrogens is 253 g/mol. The first kappa shape index (κ1) is 12.7. The zero-order valence-corrected chi connectivity index (χ0v) is 9.75. The minimum absolute atomic E-state index is 0.0918. The van der Waals surface area contributed by atoms with Crippen LogP contribution < -0.4 is 10.5 Å². The standard InChI is InChI=1S/C12H10FN3O3/c13-9-4-2-1-3-8(9)7-19-12-10(16(17)18)5-6-11(14)15-12/h1-6H,7H2,(H2,14,15). The maximum absolute atomic E-state index is 13.4. The monoisotopic (exact) mass is 263 g/mol. The van der Waals surface area contributed by atoms with Gasteiger partial charge in [-0.25, -0.2) is 4.39 Å².